The van der Waals surface area contributed by atoms with E-state index in [1.54, 1.807) is 6.08 Å². The Hall–Kier alpha value is -0.0400. The van der Waals surface area contributed by atoms with E-state index < -0.39 is 5.67 Å². The standard InChI is InChI=1S/C6H10ClF/c1-6(2,8)4-3-5-7/h3,5H,4H2,1-2H3. The highest BCUT2D eigenvalue weighted by Crippen LogP contribution is 2.13. The molecule has 0 aromatic rings. The molecule has 0 spiro atoms. The fraction of sp³-hybridized carbons (Fsp3) is 0.667. The molecule has 0 aliphatic carbocycles. The minimum absolute atomic E-state index is 0.385. The van der Waals surface area contributed by atoms with E-state index in [1.807, 2.05) is 0 Å². The molecular formula is C6H10ClF. The summed E-state index contributed by atoms with van der Waals surface area (Å²) in [4.78, 5) is 0. The van der Waals surface area contributed by atoms with E-state index in [2.05, 4.69) is 0 Å². The minimum atomic E-state index is -1.12. The second kappa shape index (κ2) is 3.08. The predicted octanol–water partition coefficient (Wildman–Crippen LogP) is 2.88. The lowest BCUT2D eigenvalue weighted by Crippen LogP contribution is -2.08. The monoisotopic (exact) mass is 136 g/mol. The van der Waals surface area contributed by atoms with Gasteiger partial charge in [0, 0.05) is 5.54 Å². The maximum atomic E-state index is 12.5. The summed E-state index contributed by atoms with van der Waals surface area (Å²) in [7, 11) is 0. The van der Waals surface area contributed by atoms with Crippen molar-refractivity contribution in [3.63, 3.8) is 0 Å². The number of hydrogen-bond donors (Lipinski definition) is 0. The molecule has 0 saturated carbocycles. The van der Waals surface area contributed by atoms with Gasteiger partial charge in [0.15, 0.2) is 0 Å². The van der Waals surface area contributed by atoms with Crippen molar-refractivity contribution < 1.29 is 4.39 Å². The van der Waals surface area contributed by atoms with Crippen molar-refractivity contribution in [2.75, 3.05) is 0 Å². The van der Waals surface area contributed by atoms with Crippen LogP contribution in [0.2, 0.25) is 0 Å². The van der Waals surface area contributed by atoms with Gasteiger partial charge in [0.05, 0.1) is 0 Å². The molecule has 0 atom stereocenters. The Morgan fingerprint density at radius 2 is 2.12 bits per heavy atom. The molecule has 0 saturated heterocycles. The highest BCUT2D eigenvalue weighted by atomic mass is 35.5. The third-order valence-corrected chi connectivity index (χ3v) is 0.871. The number of hydrogen-bond acceptors (Lipinski definition) is 0. The SMILES string of the molecule is CC(C)(F)CC=CCl. The molecule has 0 aromatic carbocycles. The summed E-state index contributed by atoms with van der Waals surface area (Å²) in [5, 5.41) is 0. The van der Waals surface area contributed by atoms with Crippen LogP contribution in [0.1, 0.15) is 20.3 Å². The molecule has 2 heteroatoms. The lowest BCUT2D eigenvalue weighted by Gasteiger charge is -2.08. The number of allylic oxidation sites excluding steroid dienone is 1. The smallest absolute Gasteiger partial charge is 0.109 e. The fourth-order valence-electron chi connectivity index (χ4n) is 0.325. The van der Waals surface area contributed by atoms with Crippen LogP contribution in [0.4, 0.5) is 4.39 Å². The lowest BCUT2D eigenvalue weighted by atomic mass is 10.1. The zero-order valence-electron chi connectivity index (χ0n) is 5.12. The Morgan fingerprint density at radius 3 is 2.25 bits per heavy atom. The van der Waals surface area contributed by atoms with Crippen molar-refractivity contribution in [2.45, 2.75) is 25.9 Å². The molecule has 0 unspecified atom stereocenters. The van der Waals surface area contributed by atoms with Gasteiger partial charge in [0.2, 0.25) is 0 Å². The molecular weight excluding hydrogens is 127 g/mol. The van der Waals surface area contributed by atoms with E-state index in [1.165, 1.54) is 19.4 Å². The molecule has 0 nitrogen and oxygen atoms in total. The normalized spacial score (nSPS) is 13.0. The summed E-state index contributed by atoms with van der Waals surface area (Å²) in [5.41, 5.74) is 0.215. The summed E-state index contributed by atoms with van der Waals surface area (Å²) in [5.74, 6) is 0. The first kappa shape index (κ1) is 7.96. The number of halogens is 2. The maximum Gasteiger partial charge on any atom is 0.109 e. The molecule has 0 aliphatic rings. The average molecular weight is 137 g/mol. The van der Waals surface area contributed by atoms with Gasteiger partial charge in [0.25, 0.3) is 0 Å². The summed E-state index contributed by atoms with van der Waals surface area (Å²) in [6.07, 6.45) is 1.98. The van der Waals surface area contributed by atoms with Gasteiger partial charge < -0.3 is 0 Å². The van der Waals surface area contributed by atoms with E-state index in [-0.39, 0.29) is 0 Å². The third kappa shape index (κ3) is 5.96. The molecule has 0 heterocycles. The van der Waals surface area contributed by atoms with E-state index in [4.69, 9.17) is 11.6 Å². The van der Waals surface area contributed by atoms with Crippen LogP contribution in [0.3, 0.4) is 0 Å². The topological polar surface area (TPSA) is 0 Å². The maximum absolute atomic E-state index is 12.5. The predicted molar refractivity (Wildman–Crippen MR) is 34.8 cm³/mol. The first-order valence-electron chi connectivity index (χ1n) is 2.50. The number of rotatable bonds is 2. The van der Waals surface area contributed by atoms with Gasteiger partial charge in [-0.25, -0.2) is 4.39 Å². The Morgan fingerprint density at radius 1 is 1.62 bits per heavy atom. The van der Waals surface area contributed by atoms with Crippen LogP contribution in [0.25, 0.3) is 0 Å². The Balaban J connectivity index is 3.39. The highest BCUT2D eigenvalue weighted by Gasteiger charge is 2.11. The van der Waals surface area contributed by atoms with Crippen LogP contribution in [-0.2, 0) is 0 Å². The van der Waals surface area contributed by atoms with Crippen LogP contribution in [0.5, 0.6) is 0 Å². The second-order valence-corrected chi connectivity index (χ2v) is 2.54. The van der Waals surface area contributed by atoms with E-state index in [0.29, 0.717) is 6.42 Å². The molecule has 0 N–H and O–H groups in total. The van der Waals surface area contributed by atoms with Gasteiger partial charge in [-0.3, -0.25) is 0 Å². The van der Waals surface area contributed by atoms with Gasteiger partial charge in [-0.15, -0.1) is 0 Å². The summed E-state index contributed by atoms with van der Waals surface area (Å²) in [6, 6.07) is 0. The first-order chi connectivity index (χ1) is 3.56. The molecule has 0 fully saturated rings. The summed E-state index contributed by atoms with van der Waals surface area (Å²) in [6.45, 7) is 3.04. The Bertz CT molecular complexity index is 81.0. The van der Waals surface area contributed by atoms with Crippen molar-refractivity contribution in [2.24, 2.45) is 0 Å². The van der Waals surface area contributed by atoms with E-state index in [0.717, 1.165) is 0 Å². The quantitative estimate of drug-likeness (QED) is 0.548. The molecule has 0 bridgehead atoms. The van der Waals surface area contributed by atoms with Gasteiger partial charge in [-0.05, 0) is 20.3 Å². The fourth-order valence-corrected chi connectivity index (χ4v) is 0.414. The number of alkyl halides is 1. The van der Waals surface area contributed by atoms with Crippen LogP contribution in [0.15, 0.2) is 11.6 Å². The van der Waals surface area contributed by atoms with Crippen LogP contribution in [0, 0.1) is 0 Å². The Labute approximate surface area is 54.3 Å². The lowest BCUT2D eigenvalue weighted by molar-refractivity contribution is 0.221. The zero-order valence-corrected chi connectivity index (χ0v) is 5.87. The molecule has 8 heavy (non-hydrogen) atoms. The molecule has 0 aromatic heterocycles. The van der Waals surface area contributed by atoms with Crippen LogP contribution < -0.4 is 0 Å². The van der Waals surface area contributed by atoms with Crippen LogP contribution in [-0.4, -0.2) is 5.67 Å². The summed E-state index contributed by atoms with van der Waals surface area (Å²) < 4.78 is 12.5. The minimum Gasteiger partial charge on any atom is -0.244 e. The molecule has 48 valence electrons. The van der Waals surface area contributed by atoms with Crippen molar-refractivity contribution in [3.05, 3.63) is 11.6 Å². The van der Waals surface area contributed by atoms with Crippen molar-refractivity contribution in [1.82, 2.24) is 0 Å². The molecule has 0 rings (SSSR count). The Kier molecular flexibility index (Phi) is 3.06. The van der Waals surface area contributed by atoms with E-state index >= 15 is 0 Å². The molecule has 0 radical (unpaired) electrons. The molecule has 0 aliphatic heterocycles. The second-order valence-electron chi connectivity index (χ2n) is 2.28. The van der Waals surface area contributed by atoms with Gasteiger partial charge in [-0.1, -0.05) is 17.7 Å². The highest BCUT2D eigenvalue weighted by molar-refractivity contribution is 6.25. The summed E-state index contributed by atoms with van der Waals surface area (Å²) >= 11 is 5.16. The zero-order chi connectivity index (χ0) is 6.62. The van der Waals surface area contributed by atoms with Crippen LogP contribution >= 0.6 is 11.6 Å². The van der Waals surface area contributed by atoms with Gasteiger partial charge >= 0.3 is 0 Å². The van der Waals surface area contributed by atoms with Crippen molar-refractivity contribution in [3.8, 4) is 0 Å². The van der Waals surface area contributed by atoms with Gasteiger partial charge in [-0.2, -0.15) is 0 Å². The largest absolute Gasteiger partial charge is 0.244 e. The first-order valence-corrected chi connectivity index (χ1v) is 2.94. The van der Waals surface area contributed by atoms with Crippen molar-refractivity contribution >= 4 is 11.6 Å². The molecule has 0 amide bonds. The van der Waals surface area contributed by atoms with Gasteiger partial charge in [0.1, 0.15) is 5.67 Å². The average Bonchev–Trinajstić information content (AvgIpc) is 1.59. The van der Waals surface area contributed by atoms with Crippen molar-refractivity contribution in [1.29, 1.82) is 0 Å². The third-order valence-electron chi connectivity index (χ3n) is 0.692. The van der Waals surface area contributed by atoms with E-state index in [9.17, 15) is 4.39 Å².